The maximum Gasteiger partial charge on any atom is 0.257 e. The van der Waals surface area contributed by atoms with E-state index in [1.165, 1.54) is 16.7 Å². The first kappa shape index (κ1) is 7.31. The molecule has 2 aromatic heterocycles. The molecule has 4 heteroatoms. The first-order valence-corrected chi connectivity index (χ1v) is 3.78. The van der Waals surface area contributed by atoms with Crippen LogP contribution >= 0.6 is 11.6 Å². The topological polar surface area (TPSA) is 34.4 Å². The molecule has 2 rings (SSSR count). The molecule has 0 amide bonds. The van der Waals surface area contributed by atoms with Crippen molar-refractivity contribution >= 4 is 17.2 Å². The summed E-state index contributed by atoms with van der Waals surface area (Å²) in [4.78, 5) is 15.2. The van der Waals surface area contributed by atoms with Crippen LogP contribution in [0.3, 0.4) is 0 Å². The maximum absolute atomic E-state index is 11.2. The Balaban J connectivity index is 2.98. The second-order valence-electron chi connectivity index (χ2n) is 2.36. The third-order valence-electron chi connectivity index (χ3n) is 1.55. The summed E-state index contributed by atoms with van der Waals surface area (Å²) in [6, 6.07) is 4.79. The summed E-state index contributed by atoms with van der Waals surface area (Å²) in [6.45, 7) is 0. The van der Waals surface area contributed by atoms with Gasteiger partial charge in [0.05, 0.1) is 5.02 Å². The fourth-order valence-corrected chi connectivity index (χ4v) is 1.17. The van der Waals surface area contributed by atoms with Gasteiger partial charge in [0.25, 0.3) is 5.56 Å². The molecule has 0 unspecified atom stereocenters. The summed E-state index contributed by atoms with van der Waals surface area (Å²) in [6.07, 6.45) is 3.03. The van der Waals surface area contributed by atoms with Gasteiger partial charge in [-0.3, -0.25) is 9.20 Å². The summed E-state index contributed by atoms with van der Waals surface area (Å²) in [5.74, 6) is 0. The average Bonchev–Trinajstić information content (AvgIpc) is 2.07. The zero-order valence-corrected chi connectivity index (χ0v) is 6.82. The zero-order chi connectivity index (χ0) is 8.55. The molecule has 3 nitrogen and oxygen atoms in total. The summed E-state index contributed by atoms with van der Waals surface area (Å²) in [7, 11) is 0. The monoisotopic (exact) mass is 180 g/mol. The van der Waals surface area contributed by atoms with Gasteiger partial charge in [-0.2, -0.15) is 0 Å². The average molecular weight is 181 g/mol. The van der Waals surface area contributed by atoms with Gasteiger partial charge in [0.15, 0.2) is 0 Å². The van der Waals surface area contributed by atoms with Gasteiger partial charge in [-0.1, -0.05) is 11.6 Å². The van der Waals surface area contributed by atoms with Crippen molar-refractivity contribution in [2.45, 2.75) is 0 Å². The van der Waals surface area contributed by atoms with Gasteiger partial charge < -0.3 is 0 Å². The van der Waals surface area contributed by atoms with E-state index >= 15 is 0 Å². The number of nitrogens with zero attached hydrogens (tertiary/aromatic N) is 2. The molecule has 0 atom stereocenters. The predicted molar refractivity (Wildman–Crippen MR) is 46.5 cm³/mol. The van der Waals surface area contributed by atoms with Crippen molar-refractivity contribution in [1.82, 2.24) is 9.38 Å². The Hall–Kier alpha value is -1.35. The number of halogens is 1. The number of aromatic nitrogens is 2. The van der Waals surface area contributed by atoms with Crippen LogP contribution in [0.2, 0.25) is 5.02 Å². The molecule has 0 saturated heterocycles. The van der Waals surface area contributed by atoms with Crippen molar-refractivity contribution in [2.75, 3.05) is 0 Å². The molecule has 60 valence electrons. The quantitative estimate of drug-likeness (QED) is 0.613. The van der Waals surface area contributed by atoms with E-state index in [0.29, 0.717) is 10.7 Å². The van der Waals surface area contributed by atoms with Gasteiger partial charge in [0, 0.05) is 18.5 Å². The molecule has 2 aromatic rings. The number of hydrogen-bond donors (Lipinski definition) is 0. The molecule has 0 aliphatic carbocycles. The first-order chi connectivity index (χ1) is 5.77. The SMILES string of the molecule is O=c1ccnc2ccc(Cl)cn12. The van der Waals surface area contributed by atoms with E-state index in [9.17, 15) is 4.79 Å². The fraction of sp³-hybridized carbons (Fsp3) is 0. The molecule has 0 fully saturated rings. The van der Waals surface area contributed by atoms with E-state index in [1.807, 2.05) is 0 Å². The second kappa shape index (κ2) is 2.60. The van der Waals surface area contributed by atoms with Crippen LogP contribution in [0.4, 0.5) is 0 Å². The largest absolute Gasteiger partial charge is 0.269 e. The van der Waals surface area contributed by atoms with Crippen LogP contribution < -0.4 is 5.56 Å². The van der Waals surface area contributed by atoms with Gasteiger partial charge in [-0.15, -0.1) is 0 Å². The van der Waals surface area contributed by atoms with Crippen LogP contribution in [0, 0.1) is 0 Å². The van der Waals surface area contributed by atoms with E-state index in [4.69, 9.17) is 11.6 Å². The predicted octanol–water partition coefficient (Wildman–Crippen LogP) is 1.35. The number of pyridine rings is 1. The summed E-state index contributed by atoms with van der Waals surface area (Å²) in [5, 5.41) is 0.526. The summed E-state index contributed by atoms with van der Waals surface area (Å²) < 4.78 is 1.41. The molecular formula is C8H5ClN2O. The highest BCUT2D eigenvalue weighted by atomic mass is 35.5. The highest BCUT2D eigenvalue weighted by molar-refractivity contribution is 6.30. The lowest BCUT2D eigenvalue weighted by molar-refractivity contribution is 1.05. The standard InChI is InChI=1S/C8H5ClN2O/c9-6-1-2-7-10-4-3-8(12)11(7)5-6/h1-5H. The Morgan fingerprint density at radius 3 is 3.00 bits per heavy atom. The third-order valence-corrected chi connectivity index (χ3v) is 1.78. The van der Waals surface area contributed by atoms with Crippen molar-refractivity contribution in [3.8, 4) is 0 Å². The van der Waals surface area contributed by atoms with Crippen molar-refractivity contribution < 1.29 is 0 Å². The van der Waals surface area contributed by atoms with Crippen LogP contribution in [-0.4, -0.2) is 9.38 Å². The molecule has 0 aromatic carbocycles. The van der Waals surface area contributed by atoms with Crippen molar-refractivity contribution in [3.63, 3.8) is 0 Å². The highest BCUT2D eigenvalue weighted by Gasteiger charge is 1.95. The molecule has 0 saturated carbocycles. The Bertz CT molecular complexity index is 478. The lowest BCUT2D eigenvalue weighted by Gasteiger charge is -1.97. The summed E-state index contributed by atoms with van der Waals surface area (Å²) in [5.41, 5.74) is 0.481. The normalized spacial score (nSPS) is 10.4. The molecule has 0 aliphatic heterocycles. The van der Waals surface area contributed by atoms with E-state index in [1.54, 1.807) is 18.3 Å². The van der Waals surface area contributed by atoms with E-state index in [0.717, 1.165) is 0 Å². The van der Waals surface area contributed by atoms with E-state index < -0.39 is 0 Å². The molecule has 12 heavy (non-hydrogen) atoms. The highest BCUT2D eigenvalue weighted by Crippen LogP contribution is 2.06. The minimum atomic E-state index is -0.123. The molecular weight excluding hydrogens is 176 g/mol. The van der Waals surface area contributed by atoms with Crippen LogP contribution in [0.5, 0.6) is 0 Å². The Morgan fingerprint density at radius 1 is 1.33 bits per heavy atom. The molecule has 0 spiro atoms. The minimum Gasteiger partial charge on any atom is -0.269 e. The van der Waals surface area contributed by atoms with Gasteiger partial charge in [0.1, 0.15) is 5.65 Å². The third kappa shape index (κ3) is 1.08. The number of hydrogen-bond acceptors (Lipinski definition) is 2. The molecule has 0 bridgehead atoms. The molecule has 0 N–H and O–H groups in total. The van der Waals surface area contributed by atoms with Crippen LogP contribution in [-0.2, 0) is 0 Å². The maximum atomic E-state index is 11.2. The Labute approximate surface area is 73.2 Å². The van der Waals surface area contributed by atoms with Gasteiger partial charge in [-0.05, 0) is 12.1 Å². The Morgan fingerprint density at radius 2 is 2.17 bits per heavy atom. The van der Waals surface area contributed by atoms with Crippen molar-refractivity contribution in [3.05, 3.63) is 46.0 Å². The molecule has 0 radical (unpaired) electrons. The van der Waals surface area contributed by atoms with Gasteiger partial charge >= 0.3 is 0 Å². The lowest BCUT2D eigenvalue weighted by atomic mass is 10.4. The second-order valence-corrected chi connectivity index (χ2v) is 2.80. The number of rotatable bonds is 0. The van der Waals surface area contributed by atoms with Gasteiger partial charge in [-0.25, -0.2) is 4.98 Å². The van der Waals surface area contributed by atoms with Crippen LogP contribution in [0.1, 0.15) is 0 Å². The molecule has 0 aliphatic rings. The zero-order valence-electron chi connectivity index (χ0n) is 6.07. The van der Waals surface area contributed by atoms with Crippen LogP contribution in [0.15, 0.2) is 35.4 Å². The van der Waals surface area contributed by atoms with Crippen molar-refractivity contribution in [1.29, 1.82) is 0 Å². The number of fused-ring (bicyclic) bond motifs is 1. The molecule has 2 heterocycles. The smallest absolute Gasteiger partial charge is 0.257 e. The minimum absolute atomic E-state index is 0.123. The van der Waals surface area contributed by atoms with E-state index in [2.05, 4.69) is 4.98 Å². The van der Waals surface area contributed by atoms with Gasteiger partial charge in [0.2, 0.25) is 0 Å². The Kier molecular flexibility index (Phi) is 1.59. The summed E-state index contributed by atoms with van der Waals surface area (Å²) >= 11 is 5.70. The lowest BCUT2D eigenvalue weighted by Crippen LogP contribution is -2.11. The van der Waals surface area contributed by atoms with Crippen molar-refractivity contribution in [2.24, 2.45) is 0 Å². The van der Waals surface area contributed by atoms with Crippen LogP contribution in [0.25, 0.3) is 5.65 Å². The fourth-order valence-electron chi connectivity index (χ4n) is 1.01. The van der Waals surface area contributed by atoms with E-state index in [-0.39, 0.29) is 5.56 Å². The first-order valence-electron chi connectivity index (χ1n) is 3.40.